The molecule has 34 heavy (non-hydrogen) atoms. The largest absolute Gasteiger partial charge is 4.00 e. The van der Waals surface area contributed by atoms with E-state index in [1.54, 1.807) is 0 Å². The number of hydrogen-bond acceptors (Lipinski definition) is 0. The molecule has 200 valence electrons. The van der Waals surface area contributed by atoms with Gasteiger partial charge in [-0.15, -0.1) is 5.19 Å². The summed E-state index contributed by atoms with van der Waals surface area (Å²) in [7, 11) is -7.72. The molecule has 0 atom stereocenters. The third-order valence-electron chi connectivity index (χ3n) is 3.71. The van der Waals surface area contributed by atoms with Gasteiger partial charge in [-0.3, -0.25) is 0 Å². The molecule has 0 aliphatic heterocycles. The maximum atomic E-state index is 12.6. The van der Waals surface area contributed by atoms with Gasteiger partial charge in [-0.2, -0.15) is 90.9 Å². The molecule has 0 radical (unpaired) electrons. The van der Waals surface area contributed by atoms with E-state index < -0.39 is 30.7 Å². The summed E-state index contributed by atoms with van der Waals surface area (Å²) in [5, 5.41) is 10.2. The molecule has 1 rings (SSSR count). The molecule has 1 aromatic rings. The second-order valence-corrected chi connectivity index (χ2v) is 9.76. The Morgan fingerprint density at radius 1 is 0.529 bits per heavy atom. The Morgan fingerprint density at radius 3 is 0.853 bits per heavy atom. The van der Waals surface area contributed by atoms with Crippen LogP contribution in [-0.2, 0) is 26.2 Å². The molecule has 0 bridgehead atoms. The first-order valence-corrected chi connectivity index (χ1v) is 12.4. The minimum atomic E-state index is -7.72. The van der Waals surface area contributed by atoms with Crippen LogP contribution in [-0.4, -0.2) is 64.7 Å². The zero-order chi connectivity index (χ0) is 26.8. The summed E-state index contributed by atoms with van der Waals surface area (Å²) in [6.07, 6.45) is 0. The van der Waals surface area contributed by atoms with Crippen LogP contribution in [0, 0.1) is 0 Å². The minimum absolute atomic E-state index is 0. The molecule has 0 saturated heterocycles. The van der Waals surface area contributed by atoms with Gasteiger partial charge in [-0.1, -0.05) is 41.5 Å². The fourth-order valence-electron chi connectivity index (χ4n) is 2.27. The van der Waals surface area contributed by atoms with Gasteiger partial charge < -0.3 is 16.0 Å². The Bertz CT molecular complexity index is 493. The molecule has 0 N–H and O–H groups in total. The van der Waals surface area contributed by atoms with Crippen molar-refractivity contribution in [3.8, 4) is 0 Å². The average molecular weight is 607 g/mol. The molecule has 0 saturated carbocycles. The molecule has 3 nitrogen and oxygen atoms in total. The summed E-state index contributed by atoms with van der Waals surface area (Å²) >= 11 is 0. The van der Waals surface area contributed by atoms with E-state index in [1.165, 1.54) is 0 Å². The molecule has 0 aliphatic carbocycles. The Kier molecular flexibility index (Phi) is 25.1. The van der Waals surface area contributed by atoms with Crippen molar-refractivity contribution < 1.29 is 65.7 Å². The van der Waals surface area contributed by atoms with Crippen LogP contribution in [0.25, 0.3) is 16.0 Å². The van der Waals surface area contributed by atoms with Crippen molar-refractivity contribution in [1.82, 2.24) is 0 Å². The molecular weight excluding hydrogens is 573 g/mol. The van der Waals surface area contributed by atoms with Crippen LogP contribution in [0.3, 0.4) is 0 Å². The van der Waals surface area contributed by atoms with Gasteiger partial charge in [0.25, 0.3) is 0 Å². The summed E-state index contributed by atoms with van der Waals surface area (Å²) in [5.74, 6) is -19.2. The van der Waals surface area contributed by atoms with Gasteiger partial charge in [0.15, 0.2) is 0 Å². The predicted octanol–water partition coefficient (Wildman–Crippen LogP) is 7.56. The molecule has 1 aromatic carbocycles. The SMILES string of the molecule is CC[N-]CC.CC[N-]CC.CC[N-]CC.FC(F)(F)[Si]([c-]1cccc1)(C(F)(F)F)C(F)(F)F.[Zr+4]. The summed E-state index contributed by atoms with van der Waals surface area (Å²) < 4.78 is 113. The molecule has 0 heterocycles. The van der Waals surface area contributed by atoms with E-state index in [0.717, 1.165) is 39.3 Å². The zero-order valence-electron chi connectivity index (χ0n) is 20.3. The second-order valence-electron chi connectivity index (χ2n) is 5.99. The smallest absolute Gasteiger partial charge is 0.663 e. The van der Waals surface area contributed by atoms with Crippen LogP contribution in [0.4, 0.5) is 39.5 Å². The van der Waals surface area contributed by atoms with Crippen LogP contribution >= 0.6 is 0 Å². The molecule has 0 amide bonds. The minimum Gasteiger partial charge on any atom is -0.663 e. The van der Waals surface area contributed by atoms with E-state index in [0.29, 0.717) is 12.1 Å². The first-order valence-electron chi connectivity index (χ1n) is 10.4. The zero-order valence-corrected chi connectivity index (χ0v) is 23.8. The van der Waals surface area contributed by atoms with Gasteiger partial charge in [-0.05, 0) is 0 Å². The monoisotopic (exact) mass is 605 g/mol. The number of halogens is 9. The number of rotatable bonds is 7. The van der Waals surface area contributed by atoms with Gasteiger partial charge in [-0.25, -0.2) is 12.1 Å². The van der Waals surface area contributed by atoms with Gasteiger partial charge in [0.1, 0.15) is 0 Å². The van der Waals surface area contributed by atoms with Crippen LogP contribution in [0.1, 0.15) is 41.5 Å². The van der Waals surface area contributed by atoms with E-state index >= 15 is 0 Å². The van der Waals surface area contributed by atoms with Gasteiger partial charge in [0.2, 0.25) is 0 Å². The van der Waals surface area contributed by atoms with Crippen molar-refractivity contribution in [2.24, 2.45) is 0 Å². The van der Waals surface area contributed by atoms with E-state index in [2.05, 4.69) is 16.0 Å². The second kappa shape index (κ2) is 20.8. The maximum Gasteiger partial charge on any atom is 4.00 e. The summed E-state index contributed by atoms with van der Waals surface area (Å²) in [4.78, 5) is 0. The molecule has 0 unspecified atom stereocenters. The van der Waals surface area contributed by atoms with Crippen LogP contribution in [0.15, 0.2) is 24.3 Å². The molecule has 0 fully saturated rings. The normalized spacial score (nSPS) is 11.6. The topological polar surface area (TPSA) is 42.3 Å². The fourth-order valence-corrected chi connectivity index (χ4v) is 4.91. The van der Waals surface area contributed by atoms with Crippen molar-refractivity contribution in [1.29, 1.82) is 0 Å². The van der Waals surface area contributed by atoms with Crippen LogP contribution in [0.5, 0.6) is 0 Å². The number of alkyl halides is 9. The van der Waals surface area contributed by atoms with E-state index in [4.69, 9.17) is 0 Å². The van der Waals surface area contributed by atoms with Crippen molar-refractivity contribution >= 4 is 13.3 Å². The Labute approximate surface area is 217 Å². The molecular formula is C20H34F9N3SiZr. The fraction of sp³-hybridized carbons (Fsp3) is 0.750. The maximum absolute atomic E-state index is 12.6. The van der Waals surface area contributed by atoms with Gasteiger partial charge >= 0.3 is 51.7 Å². The van der Waals surface area contributed by atoms with Gasteiger partial charge in [0.05, 0.1) is 0 Å². The van der Waals surface area contributed by atoms with Crippen molar-refractivity contribution in [3.05, 3.63) is 40.2 Å². The van der Waals surface area contributed by atoms with Gasteiger partial charge in [0, 0.05) is 0 Å². The Balaban J connectivity index is -0.000000231. The third-order valence-corrected chi connectivity index (χ3v) is 7.46. The molecule has 14 heteroatoms. The predicted molar refractivity (Wildman–Crippen MR) is 119 cm³/mol. The first kappa shape index (κ1) is 40.9. The summed E-state index contributed by atoms with van der Waals surface area (Å²) in [6.45, 7) is 18.1. The standard InChI is InChI=1S/C8H4F9Si.3C4H10N.Zr/c9-6(10,11)18(7(12,13)14,8(15,16)17)5-3-1-2-4-5;3*1-3-5-4-2;/h1-4H;3*3-4H2,1-2H3;/q4*-1;+4. The summed E-state index contributed by atoms with van der Waals surface area (Å²) in [5.41, 5.74) is 0. The van der Waals surface area contributed by atoms with Crippen LogP contribution in [0.2, 0.25) is 0 Å². The quantitative estimate of drug-likeness (QED) is 0.175. The van der Waals surface area contributed by atoms with Crippen molar-refractivity contribution in [2.45, 2.75) is 58.9 Å². The Hall–Kier alpha value is -0.300. The van der Waals surface area contributed by atoms with E-state index in [9.17, 15) is 39.5 Å². The molecule has 0 spiro atoms. The van der Waals surface area contributed by atoms with Crippen LogP contribution < -0.4 is 5.19 Å². The van der Waals surface area contributed by atoms with E-state index in [-0.39, 0.29) is 38.3 Å². The van der Waals surface area contributed by atoms with Crippen molar-refractivity contribution in [3.63, 3.8) is 0 Å². The average Bonchev–Trinajstić information content (AvgIpc) is 3.16. The molecule has 0 aliphatic rings. The van der Waals surface area contributed by atoms with Crippen molar-refractivity contribution in [2.75, 3.05) is 39.3 Å². The third kappa shape index (κ3) is 14.3. The number of nitrogens with zero attached hydrogens (tertiary/aromatic N) is 3. The molecule has 0 aromatic heterocycles. The summed E-state index contributed by atoms with van der Waals surface area (Å²) in [6, 6.07) is 1.84. The Morgan fingerprint density at radius 2 is 0.735 bits per heavy atom. The number of hydrogen-bond donors (Lipinski definition) is 0. The van der Waals surface area contributed by atoms with E-state index in [1.807, 2.05) is 41.5 Å². The first-order chi connectivity index (χ1) is 15.1.